The number of hydrogen-bond donors (Lipinski definition) is 2. The summed E-state index contributed by atoms with van der Waals surface area (Å²) in [5.41, 5.74) is 11.2. The molecular formula is C14H30N2O2. The monoisotopic (exact) mass is 258 g/mol. The minimum atomic E-state index is -0.439. The van der Waals surface area contributed by atoms with Crippen LogP contribution in [0, 0.1) is 0 Å². The maximum Gasteiger partial charge on any atom is 0.322 e. The van der Waals surface area contributed by atoms with Crippen LogP contribution in [0.25, 0.3) is 0 Å². The molecule has 0 aliphatic rings. The van der Waals surface area contributed by atoms with Gasteiger partial charge in [0.05, 0.1) is 6.61 Å². The van der Waals surface area contributed by atoms with Gasteiger partial charge < -0.3 is 16.2 Å². The molecule has 0 spiro atoms. The van der Waals surface area contributed by atoms with Gasteiger partial charge in [-0.15, -0.1) is 0 Å². The van der Waals surface area contributed by atoms with Gasteiger partial charge in [-0.2, -0.15) is 0 Å². The molecule has 108 valence electrons. The van der Waals surface area contributed by atoms with Crippen LogP contribution < -0.4 is 11.5 Å². The molecule has 4 N–H and O–H groups in total. The Bertz CT molecular complexity index is 198. The van der Waals surface area contributed by atoms with E-state index in [1.54, 1.807) is 0 Å². The maximum absolute atomic E-state index is 11.5. The number of ether oxygens (including phenoxy) is 1. The number of hydrogen-bond acceptors (Lipinski definition) is 4. The molecule has 1 atom stereocenters. The van der Waals surface area contributed by atoms with Crippen molar-refractivity contribution in [1.29, 1.82) is 0 Å². The molecule has 0 amide bonds. The number of carbonyl (C=O) groups is 1. The highest BCUT2D eigenvalue weighted by Gasteiger charge is 2.13. The number of carbonyl (C=O) groups excluding carboxylic acids is 1. The molecule has 0 heterocycles. The average molecular weight is 258 g/mol. The first-order valence-corrected chi connectivity index (χ1v) is 7.34. The van der Waals surface area contributed by atoms with Crippen molar-refractivity contribution in [2.75, 3.05) is 13.2 Å². The van der Waals surface area contributed by atoms with Crippen molar-refractivity contribution >= 4 is 5.97 Å². The molecule has 4 nitrogen and oxygen atoms in total. The molecule has 0 aliphatic heterocycles. The van der Waals surface area contributed by atoms with E-state index in [9.17, 15) is 4.79 Å². The summed E-state index contributed by atoms with van der Waals surface area (Å²) in [7, 11) is 0. The first-order chi connectivity index (χ1) is 8.72. The van der Waals surface area contributed by atoms with Crippen molar-refractivity contribution in [2.45, 2.75) is 70.8 Å². The molecule has 0 aromatic rings. The summed E-state index contributed by atoms with van der Waals surface area (Å²) in [6, 6.07) is -0.439. The van der Waals surface area contributed by atoms with Gasteiger partial charge in [-0.1, -0.05) is 45.4 Å². The zero-order valence-corrected chi connectivity index (χ0v) is 11.8. The van der Waals surface area contributed by atoms with E-state index in [-0.39, 0.29) is 5.97 Å². The standard InChI is InChI=1S/C14H30N2O2/c1-2-3-12-18-14(17)13(16)10-8-6-4-5-7-9-11-15/h13H,2-12,15-16H2,1H3. The predicted molar refractivity (Wildman–Crippen MR) is 75.2 cm³/mol. The zero-order valence-electron chi connectivity index (χ0n) is 11.8. The molecule has 0 radical (unpaired) electrons. The third-order valence-electron chi connectivity index (χ3n) is 3.01. The molecular weight excluding hydrogens is 228 g/mol. The lowest BCUT2D eigenvalue weighted by Gasteiger charge is -2.11. The lowest BCUT2D eigenvalue weighted by atomic mass is 10.1. The van der Waals surface area contributed by atoms with Gasteiger partial charge in [0.1, 0.15) is 6.04 Å². The molecule has 18 heavy (non-hydrogen) atoms. The highest BCUT2D eigenvalue weighted by molar-refractivity contribution is 5.75. The van der Waals surface area contributed by atoms with Crippen LogP contribution in [0.4, 0.5) is 0 Å². The van der Waals surface area contributed by atoms with Gasteiger partial charge in [-0.3, -0.25) is 4.79 Å². The highest BCUT2D eigenvalue weighted by Crippen LogP contribution is 2.08. The molecule has 0 saturated heterocycles. The number of nitrogens with two attached hydrogens (primary N) is 2. The summed E-state index contributed by atoms with van der Waals surface area (Å²) in [5.74, 6) is -0.244. The second-order valence-corrected chi connectivity index (χ2v) is 4.83. The summed E-state index contributed by atoms with van der Waals surface area (Å²) >= 11 is 0. The quantitative estimate of drug-likeness (QED) is 0.416. The third-order valence-corrected chi connectivity index (χ3v) is 3.01. The first kappa shape index (κ1) is 17.4. The Kier molecular flexibility index (Phi) is 12.4. The fraction of sp³-hybridized carbons (Fsp3) is 0.929. The SMILES string of the molecule is CCCCOC(=O)C(N)CCCCCCCCN. The average Bonchev–Trinajstić information content (AvgIpc) is 2.37. The number of rotatable bonds is 12. The minimum absolute atomic E-state index is 0.244. The van der Waals surface area contributed by atoms with Gasteiger partial charge in [0.25, 0.3) is 0 Å². The highest BCUT2D eigenvalue weighted by atomic mass is 16.5. The lowest BCUT2D eigenvalue weighted by Crippen LogP contribution is -2.32. The Labute approximate surface area is 111 Å². The second-order valence-electron chi connectivity index (χ2n) is 4.83. The van der Waals surface area contributed by atoms with E-state index in [1.807, 2.05) is 0 Å². The molecule has 0 aromatic heterocycles. The summed E-state index contributed by atoms with van der Waals surface area (Å²) in [6.07, 6.45) is 9.59. The van der Waals surface area contributed by atoms with Gasteiger partial charge in [0.15, 0.2) is 0 Å². The van der Waals surface area contributed by atoms with Gasteiger partial charge in [0, 0.05) is 0 Å². The fourth-order valence-electron chi connectivity index (χ4n) is 1.76. The largest absolute Gasteiger partial charge is 0.465 e. The molecule has 0 aromatic carbocycles. The van der Waals surface area contributed by atoms with Gasteiger partial charge in [0.2, 0.25) is 0 Å². The minimum Gasteiger partial charge on any atom is -0.465 e. The summed E-state index contributed by atoms with van der Waals surface area (Å²) in [6.45, 7) is 3.36. The summed E-state index contributed by atoms with van der Waals surface area (Å²) in [5, 5.41) is 0. The fourth-order valence-corrected chi connectivity index (χ4v) is 1.76. The van der Waals surface area contributed by atoms with Crippen LogP contribution in [0.2, 0.25) is 0 Å². The molecule has 0 bridgehead atoms. The van der Waals surface area contributed by atoms with Gasteiger partial charge >= 0.3 is 5.97 Å². The van der Waals surface area contributed by atoms with E-state index in [0.29, 0.717) is 6.61 Å². The second kappa shape index (κ2) is 12.8. The Balaban J connectivity index is 3.34. The Morgan fingerprint density at radius 3 is 2.28 bits per heavy atom. The Morgan fingerprint density at radius 1 is 1.06 bits per heavy atom. The zero-order chi connectivity index (χ0) is 13.6. The Morgan fingerprint density at radius 2 is 1.67 bits per heavy atom. The van der Waals surface area contributed by atoms with Crippen LogP contribution in [0.3, 0.4) is 0 Å². The van der Waals surface area contributed by atoms with Crippen molar-refractivity contribution in [1.82, 2.24) is 0 Å². The number of esters is 1. The van der Waals surface area contributed by atoms with Crippen LogP contribution in [0.1, 0.15) is 64.7 Å². The van der Waals surface area contributed by atoms with Gasteiger partial charge in [-0.05, 0) is 25.8 Å². The van der Waals surface area contributed by atoms with Crippen molar-refractivity contribution < 1.29 is 9.53 Å². The maximum atomic E-state index is 11.5. The molecule has 0 fully saturated rings. The molecule has 0 saturated carbocycles. The van der Waals surface area contributed by atoms with E-state index in [4.69, 9.17) is 16.2 Å². The van der Waals surface area contributed by atoms with Crippen LogP contribution in [0.15, 0.2) is 0 Å². The van der Waals surface area contributed by atoms with Crippen molar-refractivity contribution in [3.63, 3.8) is 0 Å². The molecule has 0 rings (SSSR count). The molecule has 1 unspecified atom stereocenters. The van der Waals surface area contributed by atoms with Crippen molar-refractivity contribution in [3.05, 3.63) is 0 Å². The van der Waals surface area contributed by atoms with Crippen molar-refractivity contribution in [3.8, 4) is 0 Å². The summed E-state index contributed by atoms with van der Waals surface area (Å²) in [4.78, 5) is 11.5. The first-order valence-electron chi connectivity index (χ1n) is 7.34. The Hall–Kier alpha value is -0.610. The van der Waals surface area contributed by atoms with Crippen LogP contribution in [-0.4, -0.2) is 25.2 Å². The molecule has 0 aliphatic carbocycles. The van der Waals surface area contributed by atoms with Gasteiger partial charge in [-0.25, -0.2) is 0 Å². The van der Waals surface area contributed by atoms with Crippen LogP contribution in [-0.2, 0) is 9.53 Å². The number of unbranched alkanes of at least 4 members (excludes halogenated alkanes) is 6. The lowest BCUT2D eigenvalue weighted by molar-refractivity contribution is -0.145. The van der Waals surface area contributed by atoms with E-state index in [2.05, 4.69) is 6.92 Å². The van der Waals surface area contributed by atoms with E-state index < -0.39 is 6.04 Å². The molecule has 4 heteroatoms. The van der Waals surface area contributed by atoms with Crippen LogP contribution in [0.5, 0.6) is 0 Å². The third kappa shape index (κ3) is 10.5. The topological polar surface area (TPSA) is 78.3 Å². The predicted octanol–water partition coefficient (Wildman–Crippen LogP) is 2.35. The van der Waals surface area contributed by atoms with Crippen molar-refractivity contribution in [2.24, 2.45) is 11.5 Å². The van der Waals surface area contributed by atoms with Crippen LogP contribution >= 0.6 is 0 Å². The van der Waals surface area contributed by atoms with E-state index >= 15 is 0 Å². The smallest absolute Gasteiger partial charge is 0.322 e. The normalized spacial score (nSPS) is 12.4. The van der Waals surface area contributed by atoms with E-state index in [1.165, 1.54) is 19.3 Å². The van der Waals surface area contributed by atoms with E-state index in [0.717, 1.165) is 45.1 Å². The summed E-state index contributed by atoms with van der Waals surface area (Å²) < 4.78 is 5.08.